The standard InChI is InChI=1S/C15H26N2O4/c1-16(10-13-3-2-8-21-11-13)15(20)17-6-4-12(5-7-17)9-14(18)19/h12-13H,2-11H2,1H3,(H,18,19). The van der Waals surface area contributed by atoms with Crippen molar-refractivity contribution in [2.45, 2.75) is 32.1 Å². The summed E-state index contributed by atoms with van der Waals surface area (Å²) in [5.41, 5.74) is 0. The summed E-state index contributed by atoms with van der Waals surface area (Å²) in [6.07, 6.45) is 4.00. The highest BCUT2D eigenvalue weighted by molar-refractivity contribution is 5.74. The van der Waals surface area contributed by atoms with Gasteiger partial charge in [-0.05, 0) is 31.6 Å². The van der Waals surface area contributed by atoms with E-state index >= 15 is 0 Å². The fourth-order valence-electron chi connectivity index (χ4n) is 3.23. The van der Waals surface area contributed by atoms with Crippen LogP contribution in [0.1, 0.15) is 32.1 Å². The summed E-state index contributed by atoms with van der Waals surface area (Å²) < 4.78 is 5.45. The van der Waals surface area contributed by atoms with Crippen molar-refractivity contribution in [3.05, 3.63) is 0 Å². The number of amides is 2. The number of carbonyl (C=O) groups is 2. The van der Waals surface area contributed by atoms with Crippen LogP contribution in [0.2, 0.25) is 0 Å². The molecule has 0 aromatic carbocycles. The smallest absolute Gasteiger partial charge is 0.319 e. The summed E-state index contributed by atoms with van der Waals surface area (Å²) in [5.74, 6) is -0.0879. The third kappa shape index (κ3) is 4.88. The molecule has 2 saturated heterocycles. The van der Waals surface area contributed by atoms with E-state index in [9.17, 15) is 9.59 Å². The monoisotopic (exact) mass is 298 g/mol. The topological polar surface area (TPSA) is 70.1 Å². The van der Waals surface area contributed by atoms with Gasteiger partial charge in [-0.1, -0.05) is 0 Å². The number of carboxylic acid groups (broad SMARTS) is 1. The van der Waals surface area contributed by atoms with Crippen molar-refractivity contribution in [2.75, 3.05) is 39.9 Å². The Hall–Kier alpha value is -1.30. The highest BCUT2D eigenvalue weighted by atomic mass is 16.5. The van der Waals surface area contributed by atoms with Gasteiger partial charge in [0.15, 0.2) is 0 Å². The van der Waals surface area contributed by atoms with Crippen molar-refractivity contribution in [3.8, 4) is 0 Å². The minimum Gasteiger partial charge on any atom is -0.481 e. The average molecular weight is 298 g/mol. The maximum atomic E-state index is 12.4. The van der Waals surface area contributed by atoms with Crippen molar-refractivity contribution < 1.29 is 19.4 Å². The second kappa shape index (κ2) is 7.64. The quantitative estimate of drug-likeness (QED) is 0.857. The van der Waals surface area contributed by atoms with Gasteiger partial charge in [-0.2, -0.15) is 0 Å². The number of urea groups is 1. The van der Waals surface area contributed by atoms with Crippen LogP contribution in [-0.2, 0) is 9.53 Å². The first kappa shape index (κ1) is 16.1. The van der Waals surface area contributed by atoms with Crippen LogP contribution < -0.4 is 0 Å². The number of carbonyl (C=O) groups excluding carboxylic acids is 1. The minimum atomic E-state index is -0.741. The molecule has 6 heteroatoms. The van der Waals surface area contributed by atoms with E-state index in [2.05, 4.69) is 0 Å². The zero-order valence-corrected chi connectivity index (χ0v) is 12.8. The lowest BCUT2D eigenvalue weighted by Crippen LogP contribution is -2.47. The molecule has 1 unspecified atom stereocenters. The molecule has 0 bridgehead atoms. The SMILES string of the molecule is CN(CC1CCCOC1)C(=O)N1CCC(CC(=O)O)CC1. The molecular formula is C15H26N2O4. The molecule has 0 saturated carbocycles. The predicted molar refractivity (Wildman–Crippen MR) is 78.1 cm³/mol. The molecule has 2 amide bonds. The number of ether oxygens (including phenoxy) is 1. The van der Waals surface area contributed by atoms with Crippen molar-refractivity contribution in [1.29, 1.82) is 0 Å². The lowest BCUT2D eigenvalue weighted by molar-refractivity contribution is -0.138. The van der Waals surface area contributed by atoms with E-state index in [1.165, 1.54) is 0 Å². The van der Waals surface area contributed by atoms with Gasteiger partial charge in [0.25, 0.3) is 0 Å². The summed E-state index contributed by atoms with van der Waals surface area (Å²) in [5, 5.41) is 8.81. The van der Waals surface area contributed by atoms with Gasteiger partial charge in [-0.25, -0.2) is 4.79 Å². The Bertz CT molecular complexity index is 361. The van der Waals surface area contributed by atoms with Crippen molar-refractivity contribution >= 4 is 12.0 Å². The van der Waals surface area contributed by atoms with Gasteiger partial charge in [0, 0.05) is 45.6 Å². The Morgan fingerprint density at radius 2 is 1.95 bits per heavy atom. The van der Waals surface area contributed by atoms with Crippen LogP contribution >= 0.6 is 0 Å². The van der Waals surface area contributed by atoms with E-state index in [0.29, 0.717) is 19.0 Å². The maximum absolute atomic E-state index is 12.4. The van der Waals surface area contributed by atoms with Gasteiger partial charge < -0.3 is 19.6 Å². The molecule has 0 aromatic heterocycles. The number of carboxylic acids is 1. The van der Waals surface area contributed by atoms with Crippen molar-refractivity contribution in [2.24, 2.45) is 11.8 Å². The number of piperidine rings is 1. The number of aliphatic carboxylic acids is 1. The third-order valence-corrected chi connectivity index (χ3v) is 4.46. The molecule has 0 spiro atoms. The zero-order valence-electron chi connectivity index (χ0n) is 12.8. The van der Waals surface area contributed by atoms with Crippen LogP contribution in [0.4, 0.5) is 4.79 Å². The van der Waals surface area contributed by atoms with E-state index in [4.69, 9.17) is 9.84 Å². The van der Waals surface area contributed by atoms with Gasteiger partial charge in [0.05, 0.1) is 6.61 Å². The summed E-state index contributed by atoms with van der Waals surface area (Å²) in [6, 6.07) is 0.0642. The van der Waals surface area contributed by atoms with Crippen LogP contribution in [0.3, 0.4) is 0 Å². The van der Waals surface area contributed by atoms with Crippen LogP contribution in [-0.4, -0.2) is 66.8 Å². The summed E-state index contributed by atoms with van der Waals surface area (Å²) in [4.78, 5) is 26.7. The molecule has 2 aliphatic heterocycles. The molecular weight excluding hydrogens is 272 g/mol. The largest absolute Gasteiger partial charge is 0.481 e. The normalized spacial score (nSPS) is 23.9. The zero-order chi connectivity index (χ0) is 15.2. The van der Waals surface area contributed by atoms with Crippen LogP contribution in [0.5, 0.6) is 0 Å². The first-order valence-electron chi connectivity index (χ1n) is 7.86. The molecule has 21 heavy (non-hydrogen) atoms. The number of hydrogen-bond acceptors (Lipinski definition) is 3. The lowest BCUT2D eigenvalue weighted by atomic mass is 9.94. The fourth-order valence-corrected chi connectivity index (χ4v) is 3.23. The Morgan fingerprint density at radius 3 is 2.52 bits per heavy atom. The first-order chi connectivity index (χ1) is 10.1. The highest BCUT2D eigenvalue weighted by Crippen LogP contribution is 2.22. The molecule has 120 valence electrons. The predicted octanol–water partition coefficient (Wildman–Crippen LogP) is 1.65. The second-order valence-corrected chi connectivity index (χ2v) is 6.27. The molecule has 1 atom stereocenters. The maximum Gasteiger partial charge on any atom is 0.319 e. The van der Waals surface area contributed by atoms with E-state index in [1.54, 1.807) is 4.90 Å². The Kier molecular flexibility index (Phi) is 5.85. The summed E-state index contributed by atoms with van der Waals surface area (Å²) >= 11 is 0. The van der Waals surface area contributed by atoms with Crippen LogP contribution in [0.25, 0.3) is 0 Å². The number of nitrogens with zero attached hydrogens (tertiary/aromatic N) is 2. The fraction of sp³-hybridized carbons (Fsp3) is 0.867. The number of hydrogen-bond donors (Lipinski definition) is 1. The van der Waals surface area contributed by atoms with E-state index in [1.807, 2.05) is 11.9 Å². The van der Waals surface area contributed by atoms with Gasteiger partial charge in [-0.3, -0.25) is 4.79 Å². The summed E-state index contributed by atoms with van der Waals surface area (Å²) in [7, 11) is 1.85. The third-order valence-electron chi connectivity index (χ3n) is 4.46. The van der Waals surface area contributed by atoms with Crippen LogP contribution in [0.15, 0.2) is 0 Å². The molecule has 6 nitrogen and oxygen atoms in total. The van der Waals surface area contributed by atoms with Crippen molar-refractivity contribution in [1.82, 2.24) is 9.80 Å². The molecule has 0 radical (unpaired) electrons. The highest BCUT2D eigenvalue weighted by Gasteiger charge is 2.27. The van der Waals surface area contributed by atoms with E-state index in [0.717, 1.165) is 45.4 Å². The molecule has 2 heterocycles. The van der Waals surface area contributed by atoms with Gasteiger partial charge >= 0.3 is 12.0 Å². The number of likely N-dealkylation sites (tertiary alicyclic amines) is 1. The summed E-state index contributed by atoms with van der Waals surface area (Å²) in [6.45, 7) is 3.67. The van der Waals surface area contributed by atoms with Crippen molar-refractivity contribution in [3.63, 3.8) is 0 Å². The van der Waals surface area contributed by atoms with Gasteiger partial charge in [0.1, 0.15) is 0 Å². The minimum absolute atomic E-state index is 0.0642. The molecule has 0 aromatic rings. The van der Waals surface area contributed by atoms with E-state index < -0.39 is 5.97 Å². The molecule has 0 aliphatic carbocycles. The van der Waals surface area contributed by atoms with Gasteiger partial charge in [0.2, 0.25) is 0 Å². The Labute approximate surface area is 126 Å². The molecule has 2 rings (SSSR count). The lowest BCUT2D eigenvalue weighted by Gasteiger charge is -2.35. The number of rotatable bonds is 4. The molecule has 2 fully saturated rings. The second-order valence-electron chi connectivity index (χ2n) is 6.27. The Balaban J connectivity index is 1.74. The molecule has 2 aliphatic rings. The first-order valence-corrected chi connectivity index (χ1v) is 7.86. The van der Waals surface area contributed by atoms with E-state index in [-0.39, 0.29) is 18.4 Å². The van der Waals surface area contributed by atoms with Crippen LogP contribution in [0, 0.1) is 11.8 Å². The average Bonchev–Trinajstić information content (AvgIpc) is 2.47. The van der Waals surface area contributed by atoms with Gasteiger partial charge in [-0.15, -0.1) is 0 Å². The molecule has 1 N–H and O–H groups in total. The Morgan fingerprint density at radius 1 is 1.24 bits per heavy atom.